The molecule has 0 aromatic carbocycles. The van der Waals surface area contributed by atoms with E-state index in [0.717, 1.165) is 24.2 Å². The van der Waals surface area contributed by atoms with E-state index in [2.05, 4.69) is 22.1 Å². The highest BCUT2D eigenvalue weighted by molar-refractivity contribution is 5.96. The fourth-order valence-corrected chi connectivity index (χ4v) is 4.07. The van der Waals surface area contributed by atoms with E-state index >= 15 is 0 Å². The molecule has 2 atom stereocenters. The summed E-state index contributed by atoms with van der Waals surface area (Å²) < 4.78 is 0. The molecular formula is C19H30N4O3. The summed E-state index contributed by atoms with van der Waals surface area (Å²) in [6.45, 7) is 7.80. The third-order valence-electron chi connectivity index (χ3n) is 5.74. The van der Waals surface area contributed by atoms with Gasteiger partial charge in [0.2, 0.25) is 0 Å². The third kappa shape index (κ3) is 3.30. The molecule has 0 saturated carbocycles. The van der Waals surface area contributed by atoms with Gasteiger partial charge in [-0.25, -0.2) is 9.97 Å². The molecule has 7 heteroatoms. The number of aliphatic hydroxyl groups excluding tert-OH is 2. The summed E-state index contributed by atoms with van der Waals surface area (Å²) in [4.78, 5) is 23.6. The minimum atomic E-state index is -0.619. The molecule has 26 heavy (non-hydrogen) atoms. The molecule has 3 heterocycles. The maximum atomic E-state index is 12.3. The van der Waals surface area contributed by atoms with Crippen LogP contribution in [0.4, 0.5) is 5.82 Å². The van der Waals surface area contributed by atoms with Gasteiger partial charge >= 0.3 is 0 Å². The molecule has 144 valence electrons. The number of aliphatic hydroxyl groups is 2. The molecule has 1 saturated heterocycles. The normalized spacial score (nSPS) is 26.0. The van der Waals surface area contributed by atoms with Crippen LogP contribution in [0.2, 0.25) is 0 Å². The first-order valence-corrected chi connectivity index (χ1v) is 9.64. The Morgan fingerprint density at radius 3 is 2.77 bits per heavy atom. The Bertz CT molecular complexity index is 679. The first-order valence-electron chi connectivity index (χ1n) is 9.64. The van der Waals surface area contributed by atoms with Crippen molar-refractivity contribution in [1.29, 1.82) is 0 Å². The molecule has 2 aliphatic rings. The molecule has 3 N–H and O–H groups in total. The van der Waals surface area contributed by atoms with Crippen LogP contribution < -0.4 is 10.2 Å². The number of rotatable bonds is 5. The van der Waals surface area contributed by atoms with Crippen molar-refractivity contribution in [2.24, 2.45) is 5.41 Å². The number of nitrogens with one attached hydrogen (secondary N) is 1. The van der Waals surface area contributed by atoms with Crippen LogP contribution in [0, 0.1) is 5.41 Å². The SMILES string of the molecule is CCC[C@]1(CO)CCN(c2nc(C(C)C)nc3c2CCNC3=O)C[C@H]1O. The molecule has 3 rings (SSSR count). The number of nitrogens with zero attached hydrogens (tertiary/aromatic N) is 3. The summed E-state index contributed by atoms with van der Waals surface area (Å²) >= 11 is 0. The number of piperidine rings is 1. The first-order chi connectivity index (χ1) is 12.4. The molecule has 0 bridgehead atoms. The van der Waals surface area contributed by atoms with E-state index in [-0.39, 0.29) is 18.4 Å². The molecule has 0 spiro atoms. The molecule has 1 amide bonds. The van der Waals surface area contributed by atoms with Crippen LogP contribution in [0.15, 0.2) is 0 Å². The molecule has 0 unspecified atom stereocenters. The summed E-state index contributed by atoms with van der Waals surface area (Å²) in [6.07, 6.45) is 2.52. The average Bonchev–Trinajstić information content (AvgIpc) is 2.63. The zero-order valence-corrected chi connectivity index (χ0v) is 16.0. The van der Waals surface area contributed by atoms with Crippen molar-refractivity contribution in [2.45, 2.75) is 58.5 Å². The summed E-state index contributed by atoms with van der Waals surface area (Å²) in [5.74, 6) is 1.39. The average molecular weight is 362 g/mol. The van der Waals surface area contributed by atoms with Gasteiger partial charge in [-0.1, -0.05) is 27.2 Å². The monoisotopic (exact) mass is 362 g/mol. The summed E-state index contributed by atoms with van der Waals surface area (Å²) in [6, 6.07) is 0. The van der Waals surface area contributed by atoms with Crippen molar-refractivity contribution in [3.63, 3.8) is 0 Å². The maximum absolute atomic E-state index is 12.3. The van der Waals surface area contributed by atoms with Gasteiger partial charge in [0.25, 0.3) is 5.91 Å². The molecule has 1 aromatic rings. The minimum Gasteiger partial charge on any atom is -0.396 e. The zero-order valence-electron chi connectivity index (χ0n) is 16.0. The number of hydrogen-bond acceptors (Lipinski definition) is 6. The highest BCUT2D eigenvalue weighted by Crippen LogP contribution is 2.38. The number of aromatic nitrogens is 2. The Hall–Kier alpha value is -1.73. The quantitative estimate of drug-likeness (QED) is 0.729. The topological polar surface area (TPSA) is 98.6 Å². The number of β-amino-alcohol motifs (C(OH)–C–C–N with tert-alkyl or cyclic N) is 1. The van der Waals surface area contributed by atoms with E-state index in [9.17, 15) is 15.0 Å². The van der Waals surface area contributed by atoms with Crippen LogP contribution in [0.5, 0.6) is 0 Å². The second-order valence-corrected chi connectivity index (χ2v) is 7.88. The van der Waals surface area contributed by atoms with Gasteiger partial charge in [-0.05, 0) is 19.3 Å². The Morgan fingerprint density at radius 1 is 1.38 bits per heavy atom. The lowest BCUT2D eigenvalue weighted by atomic mass is 9.73. The Balaban J connectivity index is 1.96. The van der Waals surface area contributed by atoms with Crippen molar-refractivity contribution in [3.05, 3.63) is 17.1 Å². The van der Waals surface area contributed by atoms with Crippen LogP contribution >= 0.6 is 0 Å². The van der Waals surface area contributed by atoms with Crippen molar-refractivity contribution in [1.82, 2.24) is 15.3 Å². The number of carbonyl (C=O) groups excluding carboxylic acids is 1. The highest BCUT2D eigenvalue weighted by Gasteiger charge is 2.42. The van der Waals surface area contributed by atoms with E-state index in [0.29, 0.717) is 44.0 Å². The van der Waals surface area contributed by atoms with Gasteiger partial charge in [-0.15, -0.1) is 0 Å². The summed E-state index contributed by atoms with van der Waals surface area (Å²) in [5.41, 5.74) is 0.903. The third-order valence-corrected chi connectivity index (χ3v) is 5.74. The van der Waals surface area contributed by atoms with E-state index in [1.165, 1.54) is 0 Å². The van der Waals surface area contributed by atoms with Crippen molar-refractivity contribution >= 4 is 11.7 Å². The number of amides is 1. The predicted octanol–water partition coefficient (Wildman–Crippen LogP) is 1.24. The second kappa shape index (κ2) is 7.48. The van der Waals surface area contributed by atoms with Gasteiger partial charge in [0.05, 0.1) is 12.7 Å². The maximum Gasteiger partial charge on any atom is 0.270 e. The lowest BCUT2D eigenvalue weighted by Gasteiger charge is -2.45. The van der Waals surface area contributed by atoms with E-state index in [1.807, 2.05) is 13.8 Å². The smallest absolute Gasteiger partial charge is 0.270 e. The van der Waals surface area contributed by atoms with Gasteiger partial charge < -0.3 is 20.4 Å². The number of carbonyl (C=O) groups is 1. The van der Waals surface area contributed by atoms with Gasteiger partial charge in [-0.3, -0.25) is 4.79 Å². The summed E-state index contributed by atoms with van der Waals surface area (Å²) in [7, 11) is 0. The standard InChI is InChI=1S/C19H30N4O3/c1-4-6-19(11-24)7-9-23(10-14(19)25)17-13-5-8-20-18(26)15(13)21-16(22-17)12(2)3/h12,14,24-25H,4-11H2,1-3H3,(H,20,26)/t14-,19-/m1/s1. The fourth-order valence-electron chi connectivity index (χ4n) is 4.07. The fraction of sp³-hybridized carbons (Fsp3) is 0.737. The number of anilines is 1. The first kappa shape index (κ1) is 19.0. The Labute approximate surface area is 154 Å². The van der Waals surface area contributed by atoms with Crippen LogP contribution in [-0.2, 0) is 6.42 Å². The summed E-state index contributed by atoms with van der Waals surface area (Å²) in [5, 5.41) is 23.5. The van der Waals surface area contributed by atoms with E-state index in [1.54, 1.807) is 0 Å². The van der Waals surface area contributed by atoms with Crippen LogP contribution in [0.3, 0.4) is 0 Å². The van der Waals surface area contributed by atoms with Gasteiger partial charge in [0, 0.05) is 36.5 Å². The van der Waals surface area contributed by atoms with Gasteiger partial charge in [-0.2, -0.15) is 0 Å². The molecule has 7 nitrogen and oxygen atoms in total. The van der Waals surface area contributed by atoms with Crippen molar-refractivity contribution in [2.75, 3.05) is 31.1 Å². The van der Waals surface area contributed by atoms with Gasteiger partial charge in [0.1, 0.15) is 17.3 Å². The Morgan fingerprint density at radius 2 is 2.15 bits per heavy atom. The van der Waals surface area contributed by atoms with Crippen LogP contribution in [0.1, 0.15) is 67.8 Å². The predicted molar refractivity (Wildman–Crippen MR) is 99.4 cm³/mol. The van der Waals surface area contributed by atoms with Crippen molar-refractivity contribution in [3.8, 4) is 0 Å². The van der Waals surface area contributed by atoms with Crippen LogP contribution in [0.25, 0.3) is 0 Å². The van der Waals surface area contributed by atoms with E-state index in [4.69, 9.17) is 4.98 Å². The second-order valence-electron chi connectivity index (χ2n) is 7.88. The molecule has 2 aliphatic heterocycles. The number of fused-ring (bicyclic) bond motifs is 1. The molecular weight excluding hydrogens is 332 g/mol. The molecule has 0 radical (unpaired) electrons. The zero-order chi connectivity index (χ0) is 18.9. The lowest BCUT2D eigenvalue weighted by Crippen LogP contribution is -2.53. The van der Waals surface area contributed by atoms with Crippen molar-refractivity contribution < 1.29 is 15.0 Å². The lowest BCUT2D eigenvalue weighted by molar-refractivity contribution is -0.0372. The number of hydrogen-bond donors (Lipinski definition) is 3. The Kier molecular flexibility index (Phi) is 5.48. The largest absolute Gasteiger partial charge is 0.396 e. The minimum absolute atomic E-state index is 0.00260. The molecule has 1 fully saturated rings. The highest BCUT2D eigenvalue weighted by atomic mass is 16.3. The molecule has 0 aliphatic carbocycles. The molecule has 1 aromatic heterocycles. The van der Waals surface area contributed by atoms with Gasteiger partial charge in [0.15, 0.2) is 0 Å². The van der Waals surface area contributed by atoms with Crippen LogP contribution in [-0.4, -0.2) is 58.4 Å². The van der Waals surface area contributed by atoms with E-state index < -0.39 is 11.5 Å².